The van der Waals surface area contributed by atoms with E-state index in [4.69, 9.17) is 4.74 Å². The Morgan fingerprint density at radius 2 is 1.57 bits per heavy atom. The molecule has 0 spiro atoms. The van der Waals surface area contributed by atoms with Crippen molar-refractivity contribution in [3.8, 4) is 0 Å². The van der Waals surface area contributed by atoms with Crippen molar-refractivity contribution >= 4 is 35.2 Å². The molecule has 0 saturated heterocycles. The lowest BCUT2D eigenvalue weighted by Gasteiger charge is -2.37. The van der Waals surface area contributed by atoms with Crippen molar-refractivity contribution in [3.63, 3.8) is 0 Å². The summed E-state index contributed by atoms with van der Waals surface area (Å²) in [5, 5.41) is 6.82. The van der Waals surface area contributed by atoms with Crippen LogP contribution in [-0.2, 0) is 19.6 Å². The van der Waals surface area contributed by atoms with E-state index >= 15 is 0 Å². The average molecular weight is 409 g/mol. The van der Waals surface area contributed by atoms with Crippen molar-refractivity contribution < 1.29 is 14.1 Å². The number of hydrogen-bond donors (Lipinski definition) is 1. The largest absolute Gasteiger partial charge is 0.453 e. The van der Waals surface area contributed by atoms with E-state index in [2.05, 4.69) is 5.09 Å². The summed E-state index contributed by atoms with van der Waals surface area (Å²) in [6.45, 7) is 1.94. The molecule has 0 amide bonds. The van der Waals surface area contributed by atoms with Gasteiger partial charge in [-0.3, -0.25) is 4.57 Å². The standard InChI is InChI=1S/C22H20NO3PS/c1-22(20-13-8-16-28-20,19-14-15-21(24)26-19)23-27(25,17-9-4-2-5-10-17)18-11-6-3-7-12-18/h2-16,19H,1H3,(H,23,25)/t19?,22-/m0/s1. The molecule has 28 heavy (non-hydrogen) atoms. The first-order valence-corrected chi connectivity index (χ1v) is 11.5. The highest BCUT2D eigenvalue weighted by atomic mass is 32.1. The van der Waals surface area contributed by atoms with Crippen LogP contribution in [0.5, 0.6) is 0 Å². The molecule has 2 heterocycles. The van der Waals surface area contributed by atoms with Gasteiger partial charge in [0, 0.05) is 21.6 Å². The molecular formula is C22H20NO3PS. The van der Waals surface area contributed by atoms with Crippen LogP contribution in [0.2, 0.25) is 0 Å². The van der Waals surface area contributed by atoms with Crippen LogP contribution in [0.1, 0.15) is 11.8 Å². The second-order valence-corrected chi connectivity index (χ2v) is 10.2. The summed E-state index contributed by atoms with van der Waals surface area (Å²) in [6.07, 6.45) is 2.60. The van der Waals surface area contributed by atoms with Crippen LogP contribution in [0.3, 0.4) is 0 Å². The fourth-order valence-electron chi connectivity index (χ4n) is 3.39. The molecule has 0 radical (unpaired) electrons. The molecule has 1 aliphatic rings. The molecule has 0 bridgehead atoms. The van der Waals surface area contributed by atoms with E-state index < -0.39 is 18.9 Å². The van der Waals surface area contributed by atoms with E-state index in [9.17, 15) is 9.36 Å². The molecule has 1 N–H and O–H groups in total. The molecule has 4 nitrogen and oxygen atoms in total. The zero-order chi connectivity index (χ0) is 19.6. The van der Waals surface area contributed by atoms with Crippen LogP contribution in [0.4, 0.5) is 0 Å². The minimum Gasteiger partial charge on any atom is -0.453 e. The SMILES string of the molecule is C[C@@](NP(=O)(c1ccccc1)c1ccccc1)(c1cccs1)C1C=CC(=O)O1. The molecule has 2 atom stereocenters. The number of thiophene rings is 1. The Morgan fingerprint density at radius 3 is 2.04 bits per heavy atom. The van der Waals surface area contributed by atoms with Gasteiger partial charge >= 0.3 is 5.97 Å². The third-order valence-corrected chi connectivity index (χ3v) is 8.82. The number of esters is 1. The number of ether oxygens (including phenoxy) is 1. The summed E-state index contributed by atoms with van der Waals surface area (Å²) in [7, 11) is -3.23. The fourth-order valence-corrected chi connectivity index (χ4v) is 6.98. The number of rotatable bonds is 6. The highest BCUT2D eigenvalue weighted by Crippen LogP contribution is 2.46. The maximum atomic E-state index is 14.5. The van der Waals surface area contributed by atoms with Gasteiger partial charge in [0.1, 0.15) is 6.10 Å². The first-order chi connectivity index (χ1) is 13.5. The Bertz CT molecular complexity index is 991. The van der Waals surface area contributed by atoms with Gasteiger partial charge in [-0.2, -0.15) is 0 Å². The molecule has 3 aromatic rings. The van der Waals surface area contributed by atoms with Crippen LogP contribution >= 0.6 is 18.6 Å². The van der Waals surface area contributed by atoms with Crippen LogP contribution in [0.25, 0.3) is 0 Å². The zero-order valence-electron chi connectivity index (χ0n) is 15.3. The molecule has 0 aliphatic carbocycles. The second kappa shape index (κ2) is 7.51. The third kappa shape index (κ3) is 3.37. The highest BCUT2D eigenvalue weighted by Gasteiger charge is 2.45. The van der Waals surface area contributed by atoms with E-state index in [1.54, 1.807) is 17.4 Å². The summed E-state index contributed by atoms with van der Waals surface area (Å²) >= 11 is 1.54. The second-order valence-electron chi connectivity index (χ2n) is 6.79. The predicted octanol–water partition coefficient (Wildman–Crippen LogP) is 3.96. The number of carbonyl (C=O) groups is 1. The minimum atomic E-state index is -3.23. The van der Waals surface area contributed by atoms with Crippen molar-refractivity contribution in [1.29, 1.82) is 0 Å². The number of carbonyl (C=O) groups excluding carboxylic acids is 1. The average Bonchev–Trinajstić information content (AvgIpc) is 3.42. The van der Waals surface area contributed by atoms with Crippen molar-refractivity contribution in [2.45, 2.75) is 18.6 Å². The molecular weight excluding hydrogens is 389 g/mol. The van der Waals surface area contributed by atoms with Crippen LogP contribution < -0.4 is 15.7 Å². The maximum Gasteiger partial charge on any atom is 0.331 e. The molecule has 1 unspecified atom stereocenters. The van der Waals surface area contributed by atoms with Crippen molar-refractivity contribution in [2.75, 3.05) is 0 Å². The van der Waals surface area contributed by atoms with E-state index in [1.807, 2.05) is 85.1 Å². The van der Waals surface area contributed by atoms with E-state index in [-0.39, 0.29) is 5.97 Å². The van der Waals surface area contributed by atoms with Crippen LogP contribution in [0.15, 0.2) is 90.3 Å². The molecule has 6 heteroatoms. The van der Waals surface area contributed by atoms with Gasteiger partial charge in [0.15, 0.2) is 0 Å². The van der Waals surface area contributed by atoms with Gasteiger partial charge in [0.05, 0.1) is 5.54 Å². The minimum absolute atomic E-state index is 0.385. The van der Waals surface area contributed by atoms with Gasteiger partial charge in [-0.05, 0) is 48.7 Å². The molecule has 142 valence electrons. The smallest absolute Gasteiger partial charge is 0.331 e. The van der Waals surface area contributed by atoms with E-state index in [0.717, 1.165) is 4.88 Å². The quantitative estimate of drug-likeness (QED) is 0.495. The van der Waals surface area contributed by atoms with Gasteiger partial charge in [-0.15, -0.1) is 11.3 Å². The summed E-state index contributed by atoms with van der Waals surface area (Å²) in [5.41, 5.74) is -0.849. The fraction of sp³-hybridized carbons (Fsp3) is 0.136. The topological polar surface area (TPSA) is 55.4 Å². The van der Waals surface area contributed by atoms with Gasteiger partial charge in [0.2, 0.25) is 7.29 Å². The predicted molar refractivity (Wildman–Crippen MR) is 114 cm³/mol. The Morgan fingerprint density at radius 1 is 0.964 bits per heavy atom. The maximum absolute atomic E-state index is 14.5. The number of cyclic esters (lactones) is 1. The zero-order valence-corrected chi connectivity index (χ0v) is 17.0. The summed E-state index contributed by atoms with van der Waals surface area (Å²) in [5.74, 6) is -0.385. The number of hydrogen-bond acceptors (Lipinski definition) is 4. The molecule has 1 aliphatic heterocycles. The Balaban J connectivity index is 1.85. The van der Waals surface area contributed by atoms with E-state index in [0.29, 0.717) is 10.6 Å². The number of benzene rings is 2. The van der Waals surface area contributed by atoms with E-state index in [1.165, 1.54) is 6.08 Å². The van der Waals surface area contributed by atoms with Crippen LogP contribution in [0, 0.1) is 0 Å². The lowest BCUT2D eigenvalue weighted by Crippen LogP contribution is -2.49. The molecule has 0 saturated carbocycles. The normalized spacial score (nSPS) is 18.6. The van der Waals surface area contributed by atoms with Gasteiger partial charge in [0.25, 0.3) is 0 Å². The number of nitrogens with one attached hydrogen (secondary N) is 1. The highest BCUT2D eigenvalue weighted by molar-refractivity contribution is 7.77. The first kappa shape index (κ1) is 18.9. The summed E-state index contributed by atoms with van der Waals surface area (Å²) in [6, 6.07) is 22.7. The molecule has 4 rings (SSSR count). The monoisotopic (exact) mass is 409 g/mol. The summed E-state index contributed by atoms with van der Waals surface area (Å²) < 4.78 is 20.0. The Kier molecular flexibility index (Phi) is 5.07. The van der Waals surface area contributed by atoms with Crippen molar-refractivity contribution in [3.05, 3.63) is 95.2 Å². The van der Waals surface area contributed by atoms with Crippen LogP contribution in [-0.4, -0.2) is 12.1 Å². The summed E-state index contributed by atoms with van der Waals surface area (Å²) in [4.78, 5) is 12.7. The first-order valence-electron chi connectivity index (χ1n) is 8.96. The van der Waals surface area contributed by atoms with Gasteiger partial charge in [-0.1, -0.05) is 42.5 Å². The molecule has 0 fully saturated rings. The van der Waals surface area contributed by atoms with Crippen molar-refractivity contribution in [1.82, 2.24) is 5.09 Å². The Hall–Kier alpha value is -2.46. The molecule has 1 aromatic heterocycles. The third-order valence-electron chi connectivity index (χ3n) is 4.88. The Labute approximate surface area is 168 Å². The molecule has 2 aromatic carbocycles. The van der Waals surface area contributed by atoms with Crippen molar-refractivity contribution in [2.24, 2.45) is 0 Å². The lowest BCUT2D eigenvalue weighted by molar-refractivity contribution is -0.141. The lowest BCUT2D eigenvalue weighted by atomic mass is 9.94. The van der Waals surface area contributed by atoms with Gasteiger partial charge in [-0.25, -0.2) is 9.88 Å². The van der Waals surface area contributed by atoms with Gasteiger partial charge < -0.3 is 4.74 Å².